The van der Waals surface area contributed by atoms with Crippen LogP contribution in [0.5, 0.6) is 0 Å². The van der Waals surface area contributed by atoms with Gasteiger partial charge in [-0.1, -0.05) is 11.8 Å². The smallest absolute Gasteiger partial charge is 0.191 e. The third kappa shape index (κ3) is 9.72. The number of ether oxygens (including phenoxy) is 1. The van der Waals surface area contributed by atoms with Gasteiger partial charge in [0.1, 0.15) is 4.34 Å². The molecule has 2 heterocycles. The highest BCUT2D eigenvalue weighted by Crippen LogP contribution is 2.20. The lowest BCUT2D eigenvalue weighted by atomic mass is 10.1. The monoisotopic (exact) mass is 513 g/mol. The van der Waals surface area contributed by atoms with Crippen molar-refractivity contribution in [2.24, 2.45) is 4.99 Å². The zero-order valence-corrected chi connectivity index (χ0v) is 19.7. The Morgan fingerprint density at radius 1 is 1.46 bits per heavy atom. The van der Waals surface area contributed by atoms with Crippen molar-refractivity contribution in [1.29, 1.82) is 0 Å². The van der Waals surface area contributed by atoms with Gasteiger partial charge in [0.15, 0.2) is 5.96 Å². The minimum absolute atomic E-state index is 0. The summed E-state index contributed by atoms with van der Waals surface area (Å²) in [5, 5.41) is 8.99. The number of halogens is 1. The van der Waals surface area contributed by atoms with Gasteiger partial charge in [-0.15, -0.1) is 35.3 Å². The molecule has 0 aliphatic carbocycles. The molecule has 0 bridgehead atoms. The summed E-state index contributed by atoms with van der Waals surface area (Å²) in [6, 6.07) is 0.515. The number of aliphatic imine (C=N–C) groups is 1. The fraction of sp³-hybridized carbons (Fsp3) is 0.765. The summed E-state index contributed by atoms with van der Waals surface area (Å²) < 4.78 is 6.31. The van der Waals surface area contributed by atoms with Gasteiger partial charge in [-0.05, 0) is 26.2 Å². The van der Waals surface area contributed by atoms with E-state index < -0.39 is 0 Å². The van der Waals surface area contributed by atoms with Crippen molar-refractivity contribution in [3.8, 4) is 0 Å². The molecule has 0 aromatic carbocycles. The van der Waals surface area contributed by atoms with E-state index in [9.17, 15) is 0 Å². The van der Waals surface area contributed by atoms with Crippen LogP contribution in [0.3, 0.4) is 0 Å². The van der Waals surface area contributed by atoms with Crippen LogP contribution in [0.25, 0.3) is 0 Å². The molecule has 1 aromatic heterocycles. The third-order valence-electron chi connectivity index (χ3n) is 4.09. The molecular formula is C17H32IN5OS2. The Hall–Kier alpha value is -0.100. The van der Waals surface area contributed by atoms with Gasteiger partial charge in [0.2, 0.25) is 0 Å². The third-order valence-corrected chi connectivity index (χ3v) is 6.14. The van der Waals surface area contributed by atoms with Gasteiger partial charge in [-0.2, -0.15) is 0 Å². The fourth-order valence-corrected chi connectivity index (χ4v) is 4.36. The normalized spacial score (nSPS) is 16.3. The fourth-order valence-electron chi connectivity index (χ4n) is 2.73. The first-order chi connectivity index (χ1) is 12.3. The molecule has 0 amide bonds. The number of aromatic nitrogens is 1. The molecule has 6 nitrogen and oxygen atoms in total. The first-order valence-corrected chi connectivity index (χ1v) is 11.0. The number of thioether (sulfide) groups is 1. The second-order valence-corrected chi connectivity index (χ2v) is 8.25. The molecule has 1 aromatic rings. The number of nitrogens with zero attached hydrogens (tertiary/aromatic N) is 3. The van der Waals surface area contributed by atoms with Crippen molar-refractivity contribution in [1.82, 2.24) is 20.5 Å². The Morgan fingerprint density at radius 2 is 2.27 bits per heavy atom. The Kier molecular flexibility index (Phi) is 13.7. The predicted molar refractivity (Wildman–Crippen MR) is 123 cm³/mol. The summed E-state index contributed by atoms with van der Waals surface area (Å²) in [6.45, 7) is 7.97. The molecule has 26 heavy (non-hydrogen) atoms. The Morgan fingerprint density at radius 3 is 2.92 bits per heavy atom. The van der Waals surface area contributed by atoms with E-state index in [-0.39, 0.29) is 24.0 Å². The first-order valence-electron chi connectivity index (χ1n) is 9.10. The molecule has 1 saturated heterocycles. The lowest BCUT2D eigenvalue weighted by molar-refractivity contribution is 0.128. The number of guanidine groups is 1. The van der Waals surface area contributed by atoms with Crippen molar-refractivity contribution < 1.29 is 4.74 Å². The lowest BCUT2D eigenvalue weighted by Gasteiger charge is -2.32. The van der Waals surface area contributed by atoms with Crippen LogP contribution in [-0.2, 0) is 4.74 Å². The van der Waals surface area contributed by atoms with Gasteiger partial charge in [0, 0.05) is 63.2 Å². The van der Waals surface area contributed by atoms with E-state index in [1.54, 1.807) is 18.4 Å². The van der Waals surface area contributed by atoms with Crippen LogP contribution in [0.4, 0.5) is 0 Å². The van der Waals surface area contributed by atoms with Crippen molar-refractivity contribution in [3.63, 3.8) is 0 Å². The number of hydrogen-bond donors (Lipinski definition) is 2. The number of methoxy groups -OCH3 is 1. The SMILES string of the molecule is CCNC(=NCCCSc1nccs1)NC1CCN(CCOC)CC1.I. The number of likely N-dealkylation sites (tertiary alicyclic amines) is 1. The van der Waals surface area contributed by atoms with Crippen molar-refractivity contribution in [3.05, 3.63) is 11.6 Å². The molecule has 1 aliphatic heterocycles. The van der Waals surface area contributed by atoms with Gasteiger partial charge in [0.05, 0.1) is 6.61 Å². The highest BCUT2D eigenvalue weighted by atomic mass is 127. The van der Waals surface area contributed by atoms with Gasteiger partial charge in [0.25, 0.3) is 0 Å². The number of nitrogens with one attached hydrogen (secondary N) is 2. The predicted octanol–water partition coefficient (Wildman–Crippen LogP) is 2.91. The molecule has 1 aliphatic rings. The molecule has 0 unspecified atom stereocenters. The molecule has 0 radical (unpaired) electrons. The van der Waals surface area contributed by atoms with Crippen LogP contribution >= 0.6 is 47.1 Å². The summed E-state index contributed by atoms with van der Waals surface area (Å²) in [5.41, 5.74) is 0. The van der Waals surface area contributed by atoms with Gasteiger partial charge in [-0.3, -0.25) is 4.99 Å². The van der Waals surface area contributed by atoms with E-state index in [1.165, 1.54) is 0 Å². The maximum atomic E-state index is 5.16. The van der Waals surface area contributed by atoms with E-state index in [2.05, 4.69) is 27.4 Å². The van der Waals surface area contributed by atoms with Crippen molar-refractivity contribution in [2.75, 3.05) is 52.2 Å². The Balaban J connectivity index is 0.00000338. The average molecular weight is 514 g/mol. The van der Waals surface area contributed by atoms with Crippen LogP contribution in [0.15, 0.2) is 20.9 Å². The zero-order chi connectivity index (χ0) is 17.7. The summed E-state index contributed by atoms with van der Waals surface area (Å²) in [6.07, 6.45) is 5.25. The Bertz CT molecular complexity index is 482. The quantitative estimate of drug-likeness (QED) is 0.165. The van der Waals surface area contributed by atoms with Crippen LogP contribution in [0, 0.1) is 0 Å². The minimum atomic E-state index is 0. The second-order valence-electron chi connectivity index (χ2n) is 6.01. The van der Waals surface area contributed by atoms with E-state index in [4.69, 9.17) is 9.73 Å². The van der Waals surface area contributed by atoms with Gasteiger partial charge < -0.3 is 20.3 Å². The maximum absolute atomic E-state index is 5.16. The van der Waals surface area contributed by atoms with Crippen molar-refractivity contribution >= 4 is 53.0 Å². The summed E-state index contributed by atoms with van der Waals surface area (Å²) in [4.78, 5) is 11.5. The van der Waals surface area contributed by atoms with Crippen LogP contribution < -0.4 is 10.6 Å². The summed E-state index contributed by atoms with van der Waals surface area (Å²) in [7, 11) is 1.77. The van der Waals surface area contributed by atoms with E-state index in [0.29, 0.717) is 6.04 Å². The average Bonchev–Trinajstić information content (AvgIpc) is 3.14. The highest BCUT2D eigenvalue weighted by molar-refractivity contribution is 14.0. The number of rotatable bonds is 10. The molecule has 150 valence electrons. The van der Waals surface area contributed by atoms with E-state index >= 15 is 0 Å². The molecule has 0 saturated carbocycles. The molecule has 2 N–H and O–H groups in total. The molecule has 1 fully saturated rings. The topological polar surface area (TPSA) is 61.8 Å². The highest BCUT2D eigenvalue weighted by Gasteiger charge is 2.19. The number of thiazole rings is 1. The van der Waals surface area contributed by atoms with Crippen LogP contribution in [0.2, 0.25) is 0 Å². The zero-order valence-electron chi connectivity index (χ0n) is 15.8. The van der Waals surface area contributed by atoms with Crippen molar-refractivity contribution in [2.45, 2.75) is 36.6 Å². The molecular weight excluding hydrogens is 481 g/mol. The largest absolute Gasteiger partial charge is 0.383 e. The first kappa shape index (κ1) is 23.9. The molecule has 2 rings (SSSR count). The van der Waals surface area contributed by atoms with E-state index in [0.717, 1.165) is 74.6 Å². The molecule has 0 atom stereocenters. The number of hydrogen-bond acceptors (Lipinski definition) is 6. The van der Waals surface area contributed by atoms with Gasteiger partial charge in [-0.25, -0.2) is 4.98 Å². The molecule has 9 heteroatoms. The van der Waals surface area contributed by atoms with Gasteiger partial charge >= 0.3 is 0 Å². The Labute approximate surface area is 183 Å². The summed E-state index contributed by atoms with van der Waals surface area (Å²) >= 11 is 3.52. The second kappa shape index (κ2) is 14.9. The van der Waals surface area contributed by atoms with E-state index in [1.807, 2.05) is 23.3 Å². The minimum Gasteiger partial charge on any atom is -0.383 e. The standard InChI is InChI=1S/C17H31N5OS2.HI/c1-3-18-16(19-7-4-13-24-17-20-8-14-25-17)21-15-5-9-22(10-6-15)11-12-23-2;/h8,14-15H,3-7,9-13H2,1-2H3,(H2,18,19,21);1H. The summed E-state index contributed by atoms with van der Waals surface area (Å²) in [5.74, 6) is 2.02. The molecule has 0 spiro atoms. The number of piperidine rings is 1. The van der Waals surface area contributed by atoms with Crippen LogP contribution in [-0.4, -0.2) is 74.1 Å². The lowest BCUT2D eigenvalue weighted by Crippen LogP contribution is -2.49. The maximum Gasteiger partial charge on any atom is 0.191 e. The van der Waals surface area contributed by atoms with Crippen LogP contribution in [0.1, 0.15) is 26.2 Å².